The van der Waals surface area contributed by atoms with Crippen molar-refractivity contribution in [1.29, 1.82) is 0 Å². The first-order valence-electron chi connectivity index (χ1n) is 13.9. The molecule has 2 unspecified atom stereocenters. The van der Waals surface area contributed by atoms with Crippen molar-refractivity contribution in [3.05, 3.63) is 12.2 Å². The molecule has 0 amide bonds. The number of methoxy groups -OCH3 is 1. The van der Waals surface area contributed by atoms with Gasteiger partial charge in [-0.15, -0.1) is 0 Å². The molecular weight excluding hydrogens is 465 g/mol. The standard InChI is InChI=1S/C27H56NO6P/c1-6-7-8-9-10-11-12-13-14-15-16-17-18-19-20-21-23-32-25-27(31-5)26-34-35(29,30)33-24-22-28(2,3)4/h13-14,27H,6-12,15-26H2,1-5H3/b14-13-. The minimum Gasteiger partial charge on any atom is -0.756 e. The Bertz CT molecular complexity index is 538. The lowest BCUT2D eigenvalue weighted by Crippen LogP contribution is -2.37. The number of hydrogen-bond donors (Lipinski definition) is 0. The number of unbranched alkanes of at least 4 members (excludes halogenated alkanes) is 12. The van der Waals surface area contributed by atoms with E-state index in [-0.39, 0.29) is 13.2 Å². The third-order valence-corrected chi connectivity index (χ3v) is 6.83. The molecule has 0 rings (SSSR count). The molecule has 0 aliphatic rings. The van der Waals surface area contributed by atoms with Crippen molar-refractivity contribution >= 4 is 7.82 Å². The van der Waals surface area contributed by atoms with Crippen LogP contribution in [0.4, 0.5) is 0 Å². The van der Waals surface area contributed by atoms with Gasteiger partial charge in [-0.1, -0.05) is 76.9 Å². The van der Waals surface area contributed by atoms with Crippen molar-refractivity contribution in [2.24, 2.45) is 0 Å². The van der Waals surface area contributed by atoms with E-state index in [0.29, 0.717) is 24.2 Å². The van der Waals surface area contributed by atoms with Crippen molar-refractivity contribution in [3.8, 4) is 0 Å². The molecule has 7 nitrogen and oxygen atoms in total. The van der Waals surface area contributed by atoms with Gasteiger partial charge in [-0.05, 0) is 32.1 Å². The summed E-state index contributed by atoms with van der Waals surface area (Å²) >= 11 is 0. The van der Waals surface area contributed by atoms with Gasteiger partial charge >= 0.3 is 0 Å². The van der Waals surface area contributed by atoms with Crippen LogP contribution in [0.3, 0.4) is 0 Å². The van der Waals surface area contributed by atoms with E-state index in [1.807, 2.05) is 21.1 Å². The number of phosphoric acid groups is 1. The Morgan fingerprint density at radius 3 is 1.86 bits per heavy atom. The van der Waals surface area contributed by atoms with E-state index in [4.69, 9.17) is 18.5 Å². The number of quaternary nitrogens is 1. The van der Waals surface area contributed by atoms with Crippen LogP contribution in [0.25, 0.3) is 0 Å². The number of rotatable bonds is 26. The van der Waals surface area contributed by atoms with Gasteiger partial charge in [0.15, 0.2) is 0 Å². The highest BCUT2D eigenvalue weighted by atomic mass is 31.2. The van der Waals surface area contributed by atoms with Crippen LogP contribution in [0.5, 0.6) is 0 Å². The zero-order chi connectivity index (χ0) is 26.3. The lowest BCUT2D eigenvalue weighted by atomic mass is 10.1. The zero-order valence-corrected chi connectivity index (χ0v) is 24.4. The van der Waals surface area contributed by atoms with Crippen molar-refractivity contribution in [2.75, 3.05) is 61.2 Å². The lowest BCUT2D eigenvalue weighted by molar-refractivity contribution is -0.870. The number of likely N-dealkylation sites (N-methyl/N-ethyl adjacent to an activating group) is 1. The Morgan fingerprint density at radius 1 is 0.771 bits per heavy atom. The van der Waals surface area contributed by atoms with E-state index >= 15 is 0 Å². The van der Waals surface area contributed by atoms with Gasteiger partial charge in [0.2, 0.25) is 0 Å². The van der Waals surface area contributed by atoms with Crippen LogP contribution < -0.4 is 4.89 Å². The van der Waals surface area contributed by atoms with Crippen LogP contribution in [0.1, 0.15) is 96.8 Å². The Labute approximate surface area is 216 Å². The van der Waals surface area contributed by atoms with E-state index in [0.717, 1.165) is 12.8 Å². The molecule has 0 saturated heterocycles. The van der Waals surface area contributed by atoms with Gasteiger partial charge in [-0.3, -0.25) is 4.57 Å². The molecule has 0 aromatic rings. The van der Waals surface area contributed by atoms with E-state index < -0.39 is 13.9 Å². The van der Waals surface area contributed by atoms with E-state index in [1.54, 1.807) is 0 Å². The predicted octanol–water partition coefficient (Wildman–Crippen LogP) is 6.26. The smallest absolute Gasteiger partial charge is 0.268 e. The summed E-state index contributed by atoms with van der Waals surface area (Å²) in [6.07, 6.45) is 22.2. The highest BCUT2D eigenvalue weighted by Crippen LogP contribution is 2.38. The molecule has 0 aromatic carbocycles. The molecule has 0 heterocycles. The van der Waals surface area contributed by atoms with Crippen LogP contribution in [0.15, 0.2) is 12.2 Å². The highest BCUT2D eigenvalue weighted by Gasteiger charge is 2.16. The van der Waals surface area contributed by atoms with Gasteiger partial charge in [0, 0.05) is 13.7 Å². The number of nitrogens with zero attached hydrogens (tertiary/aromatic N) is 1. The van der Waals surface area contributed by atoms with Crippen molar-refractivity contribution in [1.82, 2.24) is 0 Å². The van der Waals surface area contributed by atoms with Crippen LogP contribution in [-0.2, 0) is 23.1 Å². The maximum Gasteiger partial charge on any atom is 0.268 e. The Kier molecular flexibility index (Phi) is 22.7. The van der Waals surface area contributed by atoms with Crippen molar-refractivity contribution in [3.63, 3.8) is 0 Å². The third-order valence-electron chi connectivity index (χ3n) is 5.87. The minimum atomic E-state index is -4.32. The van der Waals surface area contributed by atoms with Gasteiger partial charge in [0.1, 0.15) is 19.3 Å². The summed E-state index contributed by atoms with van der Waals surface area (Å²) < 4.78 is 33.2. The number of allylic oxidation sites excluding steroid dienone is 2. The second-order valence-corrected chi connectivity index (χ2v) is 11.9. The topological polar surface area (TPSA) is 77.1 Å². The Morgan fingerprint density at radius 2 is 1.31 bits per heavy atom. The Balaban J connectivity index is 3.55. The largest absolute Gasteiger partial charge is 0.756 e. The number of ether oxygens (including phenoxy) is 2. The van der Waals surface area contributed by atoms with Gasteiger partial charge in [0.25, 0.3) is 7.82 Å². The number of phosphoric ester groups is 1. The lowest BCUT2D eigenvalue weighted by Gasteiger charge is -2.28. The molecule has 0 spiro atoms. The van der Waals surface area contributed by atoms with E-state index in [9.17, 15) is 9.46 Å². The summed E-state index contributed by atoms with van der Waals surface area (Å²) in [7, 11) is 3.10. The summed E-state index contributed by atoms with van der Waals surface area (Å²) in [6.45, 7) is 3.78. The molecule has 210 valence electrons. The van der Waals surface area contributed by atoms with E-state index in [2.05, 4.69) is 19.1 Å². The summed E-state index contributed by atoms with van der Waals surface area (Å²) in [5, 5.41) is 0. The summed E-state index contributed by atoms with van der Waals surface area (Å²) in [5.74, 6) is 0. The minimum absolute atomic E-state index is 0.0916. The molecule has 35 heavy (non-hydrogen) atoms. The van der Waals surface area contributed by atoms with Crippen LogP contribution >= 0.6 is 7.82 Å². The zero-order valence-electron chi connectivity index (χ0n) is 23.5. The second-order valence-electron chi connectivity index (χ2n) is 10.5. The van der Waals surface area contributed by atoms with E-state index in [1.165, 1.54) is 84.2 Å². The quantitative estimate of drug-likeness (QED) is 0.0578. The fraction of sp³-hybridized carbons (Fsp3) is 0.926. The normalized spacial score (nSPS) is 15.0. The fourth-order valence-corrected chi connectivity index (χ4v) is 4.22. The average Bonchev–Trinajstić information content (AvgIpc) is 2.79. The molecule has 0 fully saturated rings. The summed E-state index contributed by atoms with van der Waals surface area (Å²) in [4.78, 5) is 11.9. The first kappa shape index (κ1) is 34.7. The molecule has 8 heteroatoms. The van der Waals surface area contributed by atoms with Crippen molar-refractivity contribution < 1.29 is 32.5 Å². The fourth-order valence-electron chi connectivity index (χ4n) is 3.49. The van der Waals surface area contributed by atoms with Crippen molar-refractivity contribution in [2.45, 2.75) is 103 Å². The molecule has 0 aliphatic heterocycles. The molecule has 0 radical (unpaired) electrons. The molecule has 0 N–H and O–H groups in total. The van der Waals surface area contributed by atoms with Gasteiger partial charge in [-0.2, -0.15) is 0 Å². The molecule has 2 atom stereocenters. The average molecular weight is 522 g/mol. The molecule has 0 bridgehead atoms. The maximum atomic E-state index is 11.9. The summed E-state index contributed by atoms with van der Waals surface area (Å²) in [6, 6.07) is 0. The number of hydrogen-bond acceptors (Lipinski definition) is 6. The second kappa shape index (κ2) is 22.9. The Hall–Kier alpha value is -0.270. The molecular formula is C27H56NO6P. The van der Waals surface area contributed by atoms with Crippen LogP contribution in [0, 0.1) is 0 Å². The highest BCUT2D eigenvalue weighted by molar-refractivity contribution is 7.45. The maximum absolute atomic E-state index is 11.9. The third kappa shape index (κ3) is 26.6. The van der Waals surface area contributed by atoms with Crippen LogP contribution in [0.2, 0.25) is 0 Å². The summed E-state index contributed by atoms with van der Waals surface area (Å²) in [5.41, 5.74) is 0. The first-order valence-corrected chi connectivity index (χ1v) is 15.3. The molecule has 0 aromatic heterocycles. The SMILES string of the molecule is CCCCCCCC/C=C\CCCCCCCCOCC(COP(=O)([O-])OCC[N+](C)(C)C)OC. The predicted molar refractivity (Wildman–Crippen MR) is 143 cm³/mol. The first-order chi connectivity index (χ1) is 16.7. The monoisotopic (exact) mass is 521 g/mol. The molecule has 0 saturated carbocycles. The van der Waals surface area contributed by atoms with Gasteiger partial charge in [-0.25, -0.2) is 0 Å². The van der Waals surface area contributed by atoms with Gasteiger partial charge < -0.3 is 27.9 Å². The van der Waals surface area contributed by atoms with Crippen LogP contribution in [-0.4, -0.2) is 71.8 Å². The molecule has 0 aliphatic carbocycles. The van der Waals surface area contributed by atoms with Gasteiger partial charge in [0.05, 0.1) is 34.4 Å².